The standard InChI is InChI=1S/C24H26N4O3/c1-15-6-7-19(13-16(15)2)24(30)28-12-4-5-20(14-28)23-26-22(27-31-23)18-8-10-21(11-9-18)25-17(3)29/h6-11,13,20H,4-5,12,14H2,1-3H3,(H,25,29)/t20-/m1/s1. The van der Waals surface area contributed by atoms with E-state index in [4.69, 9.17) is 4.52 Å². The maximum atomic E-state index is 13.0. The zero-order valence-electron chi connectivity index (χ0n) is 18.0. The molecule has 0 bridgehead atoms. The SMILES string of the molecule is CC(=O)Nc1ccc(-c2noc([C@@H]3CCCN(C(=O)c4ccc(C)c(C)c4)C3)n2)cc1. The zero-order chi connectivity index (χ0) is 22.0. The average molecular weight is 418 g/mol. The average Bonchev–Trinajstić information content (AvgIpc) is 3.26. The number of amides is 2. The molecular weight excluding hydrogens is 392 g/mol. The van der Waals surface area contributed by atoms with Crippen molar-refractivity contribution < 1.29 is 14.1 Å². The van der Waals surface area contributed by atoms with Crippen molar-refractivity contribution in [2.75, 3.05) is 18.4 Å². The fourth-order valence-corrected chi connectivity index (χ4v) is 3.84. The van der Waals surface area contributed by atoms with E-state index >= 15 is 0 Å². The van der Waals surface area contributed by atoms with Gasteiger partial charge in [0.2, 0.25) is 17.6 Å². The Labute approximate surface area is 181 Å². The van der Waals surface area contributed by atoms with Gasteiger partial charge in [0.25, 0.3) is 5.91 Å². The van der Waals surface area contributed by atoms with Crippen LogP contribution in [-0.2, 0) is 4.79 Å². The molecule has 1 fully saturated rings. The Morgan fingerprint density at radius 3 is 2.58 bits per heavy atom. The number of nitrogens with zero attached hydrogens (tertiary/aromatic N) is 3. The lowest BCUT2D eigenvalue weighted by Crippen LogP contribution is -2.39. The van der Waals surface area contributed by atoms with Crippen LogP contribution in [-0.4, -0.2) is 39.9 Å². The second kappa shape index (κ2) is 8.71. The van der Waals surface area contributed by atoms with E-state index in [0.717, 1.165) is 30.5 Å². The van der Waals surface area contributed by atoms with Crippen LogP contribution in [0.15, 0.2) is 47.0 Å². The van der Waals surface area contributed by atoms with Gasteiger partial charge in [-0.25, -0.2) is 0 Å². The molecule has 2 amide bonds. The van der Waals surface area contributed by atoms with Gasteiger partial charge in [-0.15, -0.1) is 0 Å². The number of hydrogen-bond acceptors (Lipinski definition) is 5. The summed E-state index contributed by atoms with van der Waals surface area (Å²) in [6, 6.07) is 13.1. The molecular formula is C24H26N4O3. The Morgan fingerprint density at radius 1 is 1.10 bits per heavy atom. The van der Waals surface area contributed by atoms with Gasteiger partial charge in [0.05, 0.1) is 5.92 Å². The Bertz CT molecular complexity index is 1100. The van der Waals surface area contributed by atoms with Gasteiger partial charge in [0.1, 0.15) is 0 Å². The quantitative estimate of drug-likeness (QED) is 0.681. The Kier molecular flexibility index (Phi) is 5.84. The van der Waals surface area contributed by atoms with Crippen molar-refractivity contribution >= 4 is 17.5 Å². The molecule has 31 heavy (non-hydrogen) atoms. The zero-order valence-corrected chi connectivity index (χ0v) is 18.0. The molecule has 1 atom stereocenters. The third-order valence-corrected chi connectivity index (χ3v) is 5.72. The highest BCUT2D eigenvalue weighted by molar-refractivity contribution is 5.94. The summed E-state index contributed by atoms with van der Waals surface area (Å²) in [6.07, 6.45) is 1.80. The number of piperidine rings is 1. The summed E-state index contributed by atoms with van der Waals surface area (Å²) in [5, 5.41) is 6.86. The van der Waals surface area contributed by atoms with Crippen LogP contribution in [0.25, 0.3) is 11.4 Å². The lowest BCUT2D eigenvalue weighted by molar-refractivity contribution is -0.114. The molecule has 1 saturated heterocycles. The number of nitrogens with one attached hydrogen (secondary N) is 1. The molecule has 1 aliphatic heterocycles. The number of hydrogen-bond donors (Lipinski definition) is 1. The first-order chi connectivity index (χ1) is 14.9. The van der Waals surface area contributed by atoms with Gasteiger partial charge in [-0.2, -0.15) is 4.98 Å². The van der Waals surface area contributed by atoms with Crippen molar-refractivity contribution in [3.63, 3.8) is 0 Å². The van der Waals surface area contributed by atoms with Gasteiger partial charge in [-0.3, -0.25) is 9.59 Å². The lowest BCUT2D eigenvalue weighted by atomic mass is 9.96. The minimum atomic E-state index is -0.119. The second-order valence-electron chi connectivity index (χ2n) is 8.10. The monoisotopic (exact) mass is 418 g/mol. The van der Waals surface area contributed by atoms with Crippen LogP contribution < -0.4 is 5.32 Å². The van der Waals surface area contributed by atoms with Crippen LogP contribution in [0, 0.1) is 13.8 Å². The number of likely N-dealkylation sites (tertiary alicyclic amines) is 1. The Balaban J connectivity index is 1.46. The maximum Gasteiger partial charge on any atom is 0.253 e. The van der Waals surface area contributed by atoms with E-state index in [1.54, 1.807) is 12.1 Å². The van der Waals surface area contributed by atoms with Crippen LogP contribution in [0.3, 0.4) is 0 Å². The molecule has 1 N–H and O–H groups in total. The summed E-state index contributed by atoms with van der Waals surface area (Å²) >= 11 is 0. The molecule has 1 aromatic heterocycles. The summed E-state index contributed by atoms with van der Waals surface area (Å²) < 4.78 is 5.55. The van der Waals surface area contributed by atoms with Crippen molar-refractivity contribution in [1.29, 1.82) is 0 Å². The minimum absolute atomic E-state index is 0.0177. The van der Waals surface area contributed by atoms with Gasteiger partial charge in [0, 0.05) is 36.8 Å². The topological polar surface area (TPSA) is 88.3 Å². The van der Waals surface area contributed by atoms with E-state index in [9.17, 15) is 9.59 Å². The van der Waals surface area contributed by atoms with Crippen LogP contribution in [0.2, 0.25) is 0 Å². The molecule has 2 aromatic carbocycles. The third kappa shape index (κ3) is 4.66. The van der Waals surface area contributed by atoms with E-state index in [1.165, 1.54) is 12.5 Å². The van der Waals surface area contributed by atoms with Gasteiger partial charge in [-0.05, 0) is 74.2 Å². The van der Waals surface area contributed by atoms with Crippen LogP contribution in [0.4, 0.5) is 5.69 Å². The van der Waals surface area contributed by atoms with E-state index in [2.05, 4.69) is 15.5 Å². The smallest absolute Gasteiger partial charge is 0.253 e. The molecule has 0 unspecified atom stereocenters. The number of aryl methyl sites for hydroxylation is 2. The molecule has 7 nitrogen and oxygen atoms in total. The van der Waals surface area contributed by atoms with Crippen molar-refractivity contribution in [3.05, 3.63) is 65.0 Å². The second-order valence-corrected chi connectivity index (χ2v) is 8.10. The van der Waals surface area contributed by atoms with Crippen molar-refractivity contribution in [2.45, 2.75) is 39.5 Å². The molecule has 0 spiro atoms. The Morgan fingerprint density at radius 2 is 1.87 bits per heavy atom. The number of carbonyl (C=O) groups is 2. The van der Waals surface area contributed by atoms with Gasteiger partial charge in [0.15, 0.2) is 0 Å². The molecule has 0 saturated carbocycles. The summed E-state index contributed by atoms with van der Waals surface area (Å²) in [4.78, 5) is 30.6. The van der Waals surface area contributed by atoms with Crippen molar-refractivity contribution in [1.82, 2.24) is 15.0 Å². The number of benzene rings is 2. The summed E-state index contributed by atoms with van der Waals surface area (Å²) in [5.41, 5.74) is 4.53. The largest absolute Gasteiger partial charge is 0.339 e. The number of aromatic nitrogens is 2. The highest BCUT2D eigenvalue weighted by Crippen LogP contribution is 2.29. The first-order valence-corrected chi connectivity index (χ1v) is 10.5. The molecule has 7 heteroatoms. The van der Waals surface area contributed by atoms with Crippen molar-refractivity contribution in [3.8, 4) is 11.4 Å². The first-order valence-electron chi connectivity index (χ1n) is 10.5. The highest BCUT2D eigenvalue weighted by atomic mass is 16.5. The molecule has 2 heterocycles. The number of carbonyl (C=O) groups excluding carboxylic acids is 2. The minimum Gasteiger partial charge on any atom is -0.339 e. The molecule has 4 rings (SSSR count). The van der Waals surface area contributed by atoms with Crippen LogP contribution in [0.1, 0.15) is 53.1 Å². The number of rotatable bonds is 4. The lowest BCUT2D eigenvalue weighted by Gasteiger charge is -2.31. The maximum absolute atomic E-state index is 13.0. The van der Waals surface area contributed by atoms with Gasteiger partial charge < -0.3 is 14.7 Å². The van der Waals surface area contributed by atoms with Crippen LogP contribution >= 0.6 is 0 Å². The molecule has 160 valence electrons. The van der Waals surface area contributed by atoms with E-state index in [1.807, 2.05) is 49.1 Å². The summed E-state index contributed by atoms with van der Waals surface area (Å²) in [6.45, 7) is 6.83. The normalized spacial score (nSPS) is 16.2. The summed E-state index contributed by atoms with van der Waals surface area (Å²) in [5.74, 6) is 0.998. The predicted molar refractivity (Wildman–Crippen MR) is 118 cm³/mol. The van der Waals surface area contributed by atoms with Crippen molar-refractivity contribution in [2.24, 2.45) is 0 Å². The fourth-order valence-electron chi connectivity index (χ4n) is 3.84. The van der Waals surface area contributed by atoms with E-state index in [0.29, 0.717) is 29.5 Å². The number of anilines is 1. The third-order valence-electron chi connectivity index (χ3n) is 5.72. The molecule has 0 radical (unpaired) electrons. The van der Waals surface area contributed by atoms with E-state index < -0.39 is 0 Å². The van der Waals surface area contributed by atoms with Gasteiger partial charge in [-0.1, -0.05) is 11.2 Å². The van der Waals surface area contributed by atoms with E-state index in [-0.39, 0.29) is 17.7 Å². The predicted octanol–water partition coefficient (Wildman–Crippen LogP) is 4.33. The fraction of sp³-hybridized carbons (Fsp3) is 0.333. The molecule has 3 aromatic rings. The summed E-state index contributed by atoms with van der Waals surface area (Å²) in [7, 11) is 0. The molecule has 1 aliphatic rings. The van der Waals surface area contributed by atoms with Crippen LogP contribution in [0.5, 0.6) is 0 Å². The first kappa shape index (κ1) is 20.8. The Hall–Kier alpha value is -3.48. The van der Waals surface area contributed by atoms with Gasteiger partial charge >= 0.3 is 0 Å². The highest BCUT2D eigenvalue weighted by Gasteiger charge is 2.29. The molecule has 0 aliphatic carbocycles.